The molecule has 1 aliphatic rings. The van der Waals surface area contributed by atoms with Crippen LogP contribution in [0.5, 0.6) is 5.75 Å². The van der Waals surface area contributed by atoms with Gasteiger partial charge in [0.15, 0.2) is 17.2 Å². The topological polar surface area (TPSA) is 134 Å². The summed E-state index contributed by atoms with van der Waals surface area (Å²) in [4.78, 5) is 34.0. The minimum atomic E-state index is 0.0382. The van der Waals surface area contributed by atoms with E-state index >= 15 is 0 Å². The number of ether oxygens (including phenoxy) is 1. The van der Waals surface area contributed by atoms with Crippen molar-refractivity contribution in [3.63, 3.8) is 0 Å². The lowest BCUT2D eigenvalue weighted by Gasteiger charge is -2.06. The highest BCUT2D eigenvalue weighted by Crippen LogP contribution is 2.33. The van der Waals surface area contributed by atoms with Crippen LogP contribution in [0.1, 0.15) is 12.8 Å². The fourth-order valence-electron chi connectivity index (χ4n) is 4.52. The van der Waals surface area contributed by atoms with Crippen LogP contribution in [0.4, 0.5) is 5.69 Å². The van der Waals surface area contributed by atoms with Gasteiger partial charge in [0.2, 0.25) is 5.91 Å². The quantitative estimate of drug-likeness (QED) is 0.292. The fraction of sp³-hybridized carbons (Fsp3) is 0.143. The van der Waals surface area contributed by atoms with E-state index in [4.69, 9.17) is 14.7 Å². The normalized spacial score (nSPS) is 13.2. The van der Waals surface area contributed by atoms with Crippen LogP contribution in [-0.4, -0.2) is 48.1 Å². The van der Waals surface area contributed by atoms with Crippen molar-refractivity contribution >= 4 is 33.8 Å². The van der Waals surface area contributed by atoms with Gasteiger partial charge in [0.1, 0.15) is 11.3 Å². The molecule has 186 valence electrons. The van der Waals surface area contributed by atoms with Crippen molar-refractivity contribution < 1.29 is 9.53 Å². The van der Waals surface area contributed by atoms with Crippen LogP contribution in [0.25, 0.3) is 56.1 Å². The number of H-pyrrole nitrogens is 2. The van der Waals surface area contributed by atoms with E-state index in [0.717, 1.165) is 46.3 Å². The molecule has 5 heterocycles. The number of anilines is 1. The molecule has 1 fully saturated rings. The molecule has 5 aromatic heterocycles. The number of aromatic nitrogens is 7. The third-order valence-electron chi connectivity index (χ3n) is 6.65. The average Bonchev–Trinajstić information content (AvgIpc) is 3.59. The summed E-state index contributed by atoms with van der Waals surface area (Å²) in [6.07, 6.45) is 7.00. The molecule has 3 N–H and O–H groups in total. The van der Waals surface area contributed by atoms with Gasteiger partial charge in [-0.05, 0) is 54.8 Å². The Morgan fingerprint density at radius 1 is 1.05 bits per heavy atom. The van der Waals surface area contributed by atoms with E-state index in [-0.39, 0.29) is 11.8 Å². The number of fused-ring (bicyclic) bond motifs is 2. The molecule has 6 aromatic rings. The molecule has 0 saturated heterocycles. The van der Waals surface area contributed by atoms with E-state index < -0.39 is 0 Å². The lowest BCUT2D eigenvalue weighted by Crippen LogP contribution is -2.13. The molecule has 38 heavy (non-hydrogen) atoms. The number of carbonyl (C=O) groups excluding carboxylic acids is 1. The largest absolute Gasteiger partial charge is 0.497 e. The number of hydrogen-bond acceptors (Lipinski definition) is 7. The molecule has 0 atom stereocenters. The second-order valence-corrected chi connectivity index (χ2v) is 9.27. The van der Waals surface area contributed by atoms with Gasteiger partial charge in [-0.25, -0.2) is 15.0 Å². The third kappa shape index (κ3) is 3.92. The molecule has 1 aromatic carbocycles. The van der Waals surface area contributed by atoms with Crippen molar-refractivity contribution in [1.82, 2.24) is 35.1 Å². The molecule has 0 unspecified atom stereocenters. The minimum absolute atomic E-state index is 0.0382. The van der Waals surface area contributed by atoms with Gasteiger partial charge in [0, 0.05) is 29.4 Å². The number of pyridine rings is 3. The highest BCUT2D eigenvalue weighted by Gasteiger charge is 2.29. The van der Waals surface area contributed by atoms with Crippen LogP contribution in [0.2, 0.25) is 0 Å². The van der Waals surface area contributed by atoms with Crippen LogP contribution in [-0.2, 0) is 4.79 Å². The Bertz CT molecular complexity index is 1840. The van der Waals surface area contributed by atoms with Crippen molar-refractivity contribution in [3.8, 4) is 39.7 Å². The second-order valence-electron chi connectivity index (χ2n) is 9.27. The number of carbonyl (C=O) groups is 1. The van der Waals surface area contributed by atoms with Crippen LogP contribution in [0.3, 0.4) is 0 Å². The van der Waals surface area contributed by atoms with Crippen molar-refractivity contribution in [2.75, 3.05) is 12.4 Å². The molecule has 0 aliphatic heterocycles. The monoisotopic (exact) mass is 502 g/mol. The highest BCUT2D eigenvalue weighted by molar-refractivity contribution is 5.96. The Kier molecular flexibility index (Phi) is 5.10. The Morgan fingerprint density at radius 3 is 2.84 bits per heavy atom. The molecule has 10 heteroatoms. The number of imidazole rings is 1. The number of aromatic amines is 2. The summed E-state index contributed by atoms with van der Waals surface area (Å²) in [5.41, 5.74) is 7.50. The first kappa shape index (κ1) is 22.1. The average molecular weight is 503 g/mol. The zero-order chi connectivity index (χ0) is 25.6. The predicted octanol–water partition coefficient (Wildman–Crippen LogP) is 4.98. The van der Waals surface area contributed by atoms with Gasteiger partial charge < -0.3 is 15.0 Å². The SMILES string of the molecule is COc1cccc(-c2ccnc3nc(-c4n[nH]c5ccc(-c6cncc(NC(=O)C7CC7)c6)nc45)[nH]c23)c1. The van der Waals surface area contributed by atoms with Crippen molar-refractivity contribution in [2.24, 2.45) is 5.92 Å². The third-order valence-corrected chi connectivity index (χ3v) is 6.65. The standard InChI is InChI=1S/C28H22N8O2/c1-38-19-4-2-3-16(12-19)20-9-10-30-26-23(20)33-27(34-26)25-24-22(35-36-25)8-7-21(32-24)17-11-18(14-29-13-17)31-28(37)15-5-6-15/h2-4,7-15H,5-6H2,1H3,(H,31,37)(H,35,36)(H,30,33,34). The maximum Gasteiger partial charge on any atom is 0.227 e. The summed E-state index contributed by atoms with van der Waals surface area (Å²) in [5, 5.41) is 10.5. The molecule has 0 radical (unpaired) electrons. The number of hydrogen-bond donors (Lipinski definition) is 3. The first-order chi connectivity index (χ1) is 18.7. The van der Waals surface area contributed by atoms with E-state index in [0.29, 0.717) is 34.1 Å². The van der Waals surface area contributed by atoms with Gasteiger partial charge >= 0.3 is 0 Å². The van der Waals surface area contributed by atoms with Crippen LogP contribution in [0, 0.1) is 5.92 Å². The first-order valence-electron chi connectivity index (χ1n) is 12.3. The van der Waals surface area contributed by atoms with Crippen LogP contribution in [0.15, 0.2) is 67.1 Å². The molecule has 0 spiro atoms. The molecule has 7 rings (SSSR count). The van der Waals surface area contributed by atoms with E-state index in [1.807, 2.05) is 48.5 Å². The number of benzene rings is 1. The highest BCUT2D eigenvalue weighted by atomic mass is 16.5. The van der Waals surface area contributed by atoms with E-state index in [1.165, 1.54) is 0 Å². The van der Waals surface area contributed by atoms with Crippen LogP contribution >= 0.6 is 0 Å². The summed E-state index contributed by atoms with van der Waals surface area (Å²) < 4.78 is 5.40. The smallest absolute Gasteiger partial charge is 0.227 e. The zero-order valence-electron chi connectivity index (χ0n) is 20.4. The van der Waals surface area contributed by atoms with E-state index in [1.54, 1.807) is 25.7 Å². The summed E-state index contributed by atoms with van der Waals surface area (Å²) in [6.45, 7) is 0. The van der Waals surface area contributed by atoms with Gasteiger partial charge in [-0.1, -0.05) is 12.1 Å². The van der Waals surface area contributed by atoms with Gasteiger partial charge in [-0.3, -0.25) is 14.9 Å². The van der Waals surface area contributed by atoms with Gasteiger partial charge in [-0.15, -0.1) is 0 Å². The van der Waals surface area contributed by atoms with Gasteiger partial charge in [-0.2, -0.15) is 5.10 Å². The van der Waals surface area contributed by atoms with E-state index in [9.17, 15) is 4.79 Å². The minimum Gasteiger partial charge on any atom is -0.497 e. The predicted molar refractivity (Wildman–Crippen MR) is 143 cm³/mol. The van der Waals surface area contributed by atoms with Crippen molar-refractivity contribution in [2.45, 2.75) is 12.8 Å². The van der Waals surface area contributed by atoms with Crippen molar-refractivity contribution in [1.29, 1.82) is 0 Å². The molecule has 1 aliphatic carbocycles. The maximum atomic E-state index is 12.2. The molecule has 0 bridgehead atoms. The summed E-state index contributed by atoms with van der Waals surface area (Å²) in [6, 6.07) is 15.5. The Labute approximate surface area is 216 Å². The summed E-state index contributed by atoms with van der Waals surface area (Å²) in [7, 11) is 1.65. The van der Waals surface area contributed by atoms with Gasteiger partial charge in [0.05, 0.1) is 35.7 Å². The maximum absolute atomic E-state index is 12.2. The van der Waals surface area contributed by atoms with Crippen molar-refractivity contribution in [3.05, 3.63) is 67.1 Å². The molecular weight excluding hydrogens is 480 g/mol. The number of methoxy groups -OCH3 is 1. The Balaban J connectivity index is 1.28. The number of amides is 1. The lowest BCUT2D eigenvalue weighted by molar-refractivity contribution is -0.117. The molecular formula is C28H22N8O2. The lowest BCUT2D eigenvalue weighted by atomic mass is 10.1. The Morgan fingerprint density at radius 2 is 1.97 bits per heavy atom. The molecule has 1 amide bonds. The number of rotatable bonds is 6. The molecule has 1 saturated carbocycles. The zero-order valence-corrected chi connectivity index (χ0v) is 20.4. The number of nitrogens with zero attached hydrogens (tertiary/aromatic N) is 5. The summed E-state index contributed by atoms with van der Waals surface area (Å²) in [5.74, 6) is 1.48. The Hall–Kier alpha value is -5.12. The second kappa shape index (κ2) is 8.77. The summed E-state index contributed by atoms with van der Waals surface area (Å²) >= 11 is 0. The fourth-order valence-corrected chi connectivity index (χ4v) is 4.52. The first-order valence-corrected chi connectivity index (χ1v) is 12.3. The van der Waals surface area contributed by atoms with Gasteiger partial charge in [0.25, 0.3) is 0 Å². The molecule has 10 nitrogen and oxygen atoms in total. The number of nitrogens with one attached hydrogen (secondary N) is 3. The van der Waals surface area contributed by atoms with E-state index in [2.05, 4.69) is 30.5 Å². The van der Waals surface area contributed by atoms with Crippen LogP contribution < -0.4 is 10.1 Å².